The first kappa shape index (κ1) is 20.5. The Labute approximate surface area is 170 Å². The van der Waals surface area contributed by atoms with Crippen molar-refractivity contribution < 1.29 is 14.3 Å². The standard InChI is InChI=1S/C20H28N4O3S/c1-14-7-5-8-15(2)24(14)19(25)13-28-20-22-21-18(23(20)3)12-27-17-10-6-9-16(11-17)26-4/h6,9-11,14-15H,5,7-8,12-13H2,1-4H3/t14-,15+. The molecule has 0 aliphatic carbocycles. The SMILES string of the molecule is COc1cccc(OCc2nnc(SCC(=O)N3[C@H](C)CCC[C@@H]3C)n2C)c1. The second-order valence-corrected chi connectivity index (χ2v) is 8.09. The molecule has 0 saturated carbocycles. The number of ether oxygens (including phenoxy) is 2. The number of amides is 1. The van der Waals surface area contributed by atoms with Gasteiger partial charge in [-0.25, -0.2) is 0 Å². The first-order valence-electron chi connectivity index (χ1n) is 9.58. The summed E-state index contributed by atoms with van der Waals surface area (Å²) >= 11 is 1.42. The topological polar surface area (TPSA) is 69.5 Å². The maximum absolute atomic E-state index is 12.7. The summed E-state index contributed by atoms with van der Waals surface area (Å²) in [6, 6.07) is 8.05. The Hall–Kier alpha value is -2.22. The molecule has 1 aromatic carbocycles. The van der Waals surface area contributed by atoms with Gasteiger partial charge in [-0.2, -0.15) is 0 Å². The van der Waals surface area contributed by atoms with E-state index in [0.29, 0.717) is 36.0 Å². The lowest BCUT2D eigenvalue weighted by Crippen LogP contribution is -2.48. The van der Waals surface area contributed by atoms with E-state index in [1.54, 1.807) is 7.11 Å². The second kappa shape index (κ2) is 9.32. The van der Waals surface area contributed by atoms with E-state index < -0.39 is 0 Å². The Morgan fingerprint density at radius 3 is 2.64 bits per heavy atom. The number of benzene rings is 1. The number of methoxy groups -OCH3 is 1. The molecule has 0 bridgehead atoms. The van der Waals surface area contributed by atoms with Crippen molar-refractivity contribution in [2.24, 2.45) is 7.05 Å². The molecule has 1 saturated heterocycles. The van der Waals surface area contributed by atoms with E-state index in [9.17, 15) is 4.79 Å². The van der Waals surface area contributed by atoms with Gasteiger partial charge in [0.25, 0.3) is 0 Å². The maximum Gasteiger partial charge on any atom is 0.233 e. The summed E-state index contributed by atoms with van der Waals surface area (Å²) in [7, 11) is 3.52. The first-order valence-corrected chi connectivity index (χ1v) is 10.6. The number of likely N-dealkylation sites (tertiary alicyclic amines) is 1. The van der Waals surface area contributed by atoms with Crippen molar-refractivity contribution in [3.8, 4) is 11.5 Å². The van der Waals surface area contributed by atoms with Gasteiger partial charge in [0.1, 0.15) is 18.1 Å². The van der Waals surface area contributed by atoms with E-state index in [0.717, 1.165) is 23.7 Å². The molecule has 1 fully saturated rings. The summed E-state index contributed by atoms with van der Waals surface area (Å²) in [5.41, 5.74) is 0. The third kappa shape index (κ3) is 4.79. The minimum Gasteiger partial charge on any atom is -0.497 e. The highest BCUT2D eigenvalue weighted by Crippen LogP contribution is 2.25. The van der Waals surface area contributed by atoms with Crippen LogP contribution in [-0.4, -0.2) is 50.5 Å². The van der Waals surface area contributed by atoms with Crippen LogP contribution in [-0.2, 0) is 18.4 Å². The van der Waals surface area contributed by atoms with Crippen LogP contribution in [0.15, 0.2) is 29.4 Å². The lowest BCUT2D eigenvalue weighted by atomic mass is 9.98. The number of rotatable bonds is 7. The third-order valence-electron chi connectivity index (χ3n) is 5.14. The zero-order valence-electron chi connectivity index (χ0n) is 16.9. The Morgan fingerprint density at radius 2 is 1.93 bits per heavy atom. The molecular weight excluding hydrogens is 376 g/mol. The van der Waals surface area contributed by atoms with Gasteiger partial charge in [0.2, 0.25) is 5.91 Å². The van der Waals surface area contributed by atoms with Crippen molar-refractivity contribution in [1.82, 2.24) is 19.7 Å². The number of nitrogens with zero attached hydrogens (tertiary/aromatic N) is 4. The van der Waals surface area contributed by atoms with E-state index in [4.69, 9.17) is 9.47 Å². The quantitative estimate of drug-likeness (QED) is 0.660. The number of aromatic nitrogens is 3. The molecule has 0 unspecified atom stereocenters. The molecule has 1 aliphatic rings. The number of carbonyl (C=O) groups is 1. The molecule has 8 heteroatoms. The molecule has 1 aliphatic heterocycles. The summed E-state index contributed by atoms with van der Waals surface area (Å²) in [4.78, 5) is 14.7. The van der Waals surface area contributed by atoms with Crippen molar-refractivity contribution in [1.29, 1.82) is 0 Å². The van der Waals surface area contributed by atoms with Crippen LogP contribution in [0.3, 0.4) is 0 Å². The van der Waals surface area contributed by atoms with Crippen molar-refractivity contribution in [3.63, 3.8) is 0 Å². The Kier molecular flexibility index (Phi) is 6.83. The molecule has 1 amide bonds. The molecule has 3 rings (SSSR count). The van der Waals surface area contributed by atoms with Gasteiger partial charge in [-0.15, -0.1) is 10.2 Å². The predicted octanol–water partition coefficient (Wildman–Crippen LogP) is 3.28. The van der Waals surface area contributed by atoms with Gasteiger partial charge >= 0.3 is 0 Å². The molecule has 2 atom stereocenters. The number of piperidine rings is 1. The van der Waals surface area contributed by atoms with Crippen LogP contribution in [0, 0.1) is 0 Å². The van der Waals surface area contributed by atoms with Crippen LogP contribution < -0.4 is 9.47 Å². The lowest BCUT2D eigenvalue weighted by Gasteiger charge is -2.39. The molecule has 0 spiro atoms. The zero-order valence-corrected chi connectivity index (χ0v) is 17.7. The van der Waals surface area contributed by atoms with Gasteiger partial charge in [0.05, 0.1) is 12.9 Å². The summed E-state index contributed by atoms with van der Waals surface area (Å²) in [5.74, 6) is 2.70. The normalized spacial score (nSPS) is 19.5. The molecule has 2 heterocycles. The lowest BCUT2D eigenvalue weighted by molar-refractivity contribution is -0.134. The summed E-state index contributed by atoms with van der Waals surface area (Å²) in [6.07, 6.45) is 3.35. The number of carbonyl (C=O) groups excluding carboxylic acids is 1. The van der Waals surface area contributed by atoms with Gasteiger partial charge in [0.15, 0.2) is 11.0 Å². The number of hydrogen-bond acceptors (Lipinski definition) is 6. The van der Waals surface area contributed by atoms with Crippen molar-refractivity contribution in [2.45, 2.75) is 57.0 Å². The Morgan fingerprint density at radius 1 is 1.21 bits per heavy atom. The summed E-state index contributed by atoms with van der Waals surface area (Å²) in [6.45, 7) is 4.56. The van der Waals surface area contributed by atoms with E-state index in [1.165, 1.54) is 18.2 Å². The molecule has 1 aromatic heterocycles. The van der Waals surface area contributed by atoms with E-state index in [1.807, 2.05) is 40.8 Å². The largest absolute Gasteiger partial charge is 0.497 e. The highest BCUT2D eigenvalue weighted by molar-refractivity contribution is 7.99. The molecule has 0 radical (unpaired) electrons. The van der Waals surface area contributed by atoms with Crippen LogP contribution in [0.25, 0.3) is 0 Å². The van der Waals surface area contributed by atoms with Crippen LogP contribution in [0.4, 0.5) is 0 Å². The van der Waals surface area contributed by atoms with E-state index in [2.05, 4.69) is 24.0 Å². The van der Waals surface area contributed by atoms with Crippen molar-refractivity contribution in [2.75, 3.05) is 12.9 Å². The van der Waals surface area contributed by atoms with Crippen LogP contribution in [0.5, 0.6) is 11.5 Å². The Balaban J connectivity index is 1.56. The van der Waals surface area contributed by atoms with Crippen LogP contribution in [0.2, 0.25) is 0 Å². The zero-order chi connectivity index (χ0) is 20.1. The first-order chi connectivity index (χ1) is 13.5. The molecular formula is C20H28N4O3S. The highest BCUT2D eigenvalue weighted by Gasteiger charge is 2.29. The van der Waals surface area contributed by atoms with Crippen LogP contribution >= 0.6 is 11.8 Å². The van der Waals surface area contributed by atoms with Gasteiger partial charge in [-0.1, -0.05) is 17.8 Å². The number of thioether (sulfide) groups is 1. The minimum absolute atomic E-state index is 0.168. The Bertz CT molecular complexity index is 800. The third-order valence-corrected chi connectivity index (χ3v) is 6.15. The van der Waals surface area contributed by atoms with E-state index >= 15 is 0 Å². The average Bonchev–Trinajstić information content (AvgIpc) is 3.04. The fraction of sp³-hybridized carbons (Fsp3) is 0.550. The average molecular weight is 405 g/mol. The molecule has 28 heavy (non-hydrogen) atoms. The molecule has 2 aromatic rings. The predicted molar refractivity (Wildman–Crippen MR) is 109 cm³/mol. The van der Waals surface area contributed by atoms with Gasteiger partial charge in [0, 0.05) is 25.2 Å². The maximum atomic E-state index is 12.7. The minimum atomic E-state index is 0.168. The fourth-order valence-corrected chi connectivity index (χ4v) is 4.35. The van der Waals surface area contributed by atoms with Gasteiger partial charge < -0.3 is 18.9 Å². The highest BCUT2D eigenvalue weighted by atomic mass is 32.2. The summed E-state index contributed by atoms with van der Waals surface area (Å²) < 4.78 is 12.9. The van der Waals surface area contributed by atoms with Gasteiger partial charge in [-0.3, -0.25) is 4.79 Å². The van der Waals surface area contributed by atoms with Gasteiger partial charge in [-0.05, 0) is 45.2 Å². The molecule has 152 valence electrons. The fourth-order valence-electron chi connectivity index (χ4n) is 3.55. The smallest absolute Gasteiger partial charge is 0.233 e. The van der Waals surface area contributed by atoms with E-state index in [-0.39, 0.29) is 5.91 Å². The van der Waals surface area contributed by atoms with Crippen molar-refractivity contribution in [3.05, 3.63) is 30.1 Å². The molecule has 0 N–H and O–H groups in total. The molecule has 7 nitrogen and oxygen atoms in total. The van der Waals surface area contributed by atoms with Crippen molar-refractivity contribution >= 4 is 17.7 Å². The monoisotopic (exact) mass is 404 g/mol. The second-order valence-electron chi connectivity index (χ2n) is 7.14. The summed E-state index contributed by atoms with van der Waals surface area (Å²) in [5, 5.41) is 9.14. The number of hydrogen-bond donors (Lipinski definition) is 0. The van der Waals surface area contributed by atoms with Crippen LogP contribution in [0.1, 0.15) is 38.9 Å².